The third-order valence-corrected chi connectivity index (χ3v) is 5.36. The Morgan fingerprint density at radius 1 is 1.00 bits per heavy atom. The number of carbonyl (C=O) groups excluding carboxylic acids is 1. The average Bonchev–Trinajstić information content (AvgIpc) is 2.62. The topological polar surface area (TPSA) is 77.1 Å². The standard InChI is InChI=1S/C20H31N3O/c21-15-23-19(13-7-10-16-8-3-1-4-9-16)20(24)14-18(22)17-11-5-2-6-12-17/h7,10,15-17,21-22H,1-6,8-9,11-14H2/b10-7+,21-15?,22-18?,23-19+. The van der Waals surface area contributed by atoms with Gasteiger partial charge in [-0.2, -0.15) is 0 Å². The van der Waals surface area contributed by atoms with Crippen molar-refractivity contribution in [2.45, 2.75) is 77.0 Å². The molecule has 0 aromatic carbocycles. The van der Waals surface area contributed by atoms with Crippen LogP contribution in [0.25, 0.3) is 0 Å². The molecular formula is C20H31N3O. The van der Waals surface area contributed by atoms with Crippen molar-refractivity contribution in [3.63, 3.8) is 0 Å². The van der Waals surface area contributed by atoms with E-state index in [1.54, 1.807) is 0 Å². The summed E-state index contributed by atoms with van der Waals surface area (Å²) in [7, 11) is 0. The third kappa shape index (κ3) is 6.14. The fraction of sp³-hybridized carbons (Fsp3) is 0.700. The van der Waals surface area contributed by atoms with Crippen molar-refractivity contribution in [2.75, 3.05) is 0 Å². The average molecular weight is 329 g/mol. The van der Waals surface area contributed by atoms with Crippen molar-refractivity contribution < 1.29 is 4.79 Å². The van der Waals surface area contributed by atoms with Crippen molar-refractivity contribution in [3.8, 4) is 0 Å². The van der Waals surface area contributed by atoms with Gasteiger partial charge in [0.1, 0.15) is 6.34 Å². The van der Waals surface area contributed by atoms with Gasteiger partial charge in [0.05, 0.1) is 12.1 Å². The molecule has 0 aromatic heterocycles. The fourth-order valence-electron chi connectivity index (χ4n) is 3.89. The van der Waals surface area contributed by atoms with Crippen LogP contribution in [0, 0.1) is 22.7 Å². The Hall–Kier alpha value is -1.58. The van der Waals surface area contributed by atoms with E-state index >= 15 is 0 Å². The Kier molecular flexibility index (Phi) is 8.06. The lowest BCUT2D eigenvalue weighted by molar-refractivity contribution is -0.112. The molecule has 0 bridgehead atoms. The highest BCUT2D eigenvalue weighted by Gasteiger charge is 2.21. The van der Waals surface area contributed by atoms with Crippen molar-refractivity contribution >= 4 is 23.5 Å². The predicted molar refractivity (Wildman–Crippen MR) is 100 cm³/mol. The molecule has 24 heavy (non-hydrogen) atoms. The van der Waals surface area contributed by atoms with Crippen molar-refractivity contribution in [3.05, 3.63) is 12.2 Å². The van der Waals surface area contributed by atoms with Crippen molar-refractivity contribution in [1.29, 1.82) is 10.8 Å². The largest absolute Gasteiger partial charge is 0.309 e. The van der Waals surface area contributed by atoms with E-state index in [1.807, 2.05) is 6.08 Å². The summed E-state index contributed by atoms with van der Waals surface area (Å²) in [5, 5.41) is 15.4. The van der Waals surface area contributed by atoms with Gasteiger partial charge in [-0.1, -0.05) is 50.7 Å². The van der Waals surface area contributed by atoms with Crippen molar-refractivity contribution in [1.82, 2.24) is 0 Å². The zero-order valence-electron chi connectivity index (χ0n) is 14.7. The maximum absolute atomic E-state index is 12.5. The minimum Gasteiger partial charge on any atom is -0.309 e. The quantitative estimate of drug-likeness (QED) is 0.362. The summed E-state index contributed by atoms with van der Waals surface area (Å²) in [6.45, 7) is 0. The summed E-state index contributed by atoms with van der Waals surface area (Å²) in [6, 6.07) is 0. The number of Topliss-reactive ketones (excluding diaryl/α,β-unsaturated/α-hetero) is 1. The van der Waals surface area contributed by atoms with Crippen LogP contribution in [0.3, 0.4) is 0 Å². The smallest absolute Gasteiger partial charge is 0.182 e. The maximum Gasteiger partial charge on any atom is 0.182 e. The molecule has 2 N–H and O–H groups in total. The molecule has 2 rings (SSSR count). The van der Waals surface area contributed by atoms with E-state index in [9.17, 15) is 4.79 Å². The predicted octanol–water partition coefficient (Wildman–Crippen LogP) is 5.12. The van der Waals surface area contributed by atoms with Crippen LogP contribution in [0.5, 0.6) is 0 Å². The van der Waals surface area contributed by atoms with E-state index in [-0.39, 0.29) is 18.1 Å². The number of nitrogens with zero attached hydrogens (tertiary/aromatic N) is 1. The van der Waals surface area contributed by atoms with E-state index in [1.165, 1.54) is 51.4 Å². The SMILES string of the molecule is N=C/N=C(\C/C=C/C1CCCCC1)C(=O)CC(=N)C1CCCCC1. The summed E-state index contributed by atoms with van der Waals surface area (Å²) in [4.78, 5) is 16.4. The number of allylic oxidation sites excluding steroid dienone is 2. The Labute approximate surface area is 145 Å². The van der Waals surface area contributed by atoms with Crippen LogP contribution in [0.2, 0.25) is 0 Å². The molecule has 2 fully saturated rings. The fourth-order valence-corrected chi connectivity index (χ4v) is 3.89. The van der Waals surface area contributed by atoms with Crippen LogP contribution in [0.15, 0.2) is 17.1 Å². The Morgan fingerprint density at radius 3 is 2.25 bits per heavy atom. The first-order valence-corrected chi connectivity index (χ1v) is 9.53. The number of hydrogen-bond donors (Lipinski definition) is 2. The first kappa shape index (κ1) is 18.8. The van der Waals surface area contributed by atoms with E-state index < -0.39 is 0 Å². The summed E-state index contributed by atoms with van der Waals surface area (Å²) in [6.07, 6.45) is 18.0. The van der Waals surface area contributed by atoms with Gasteiger partial charge in [0.2, 0.25) is 0 Å². The number of aliphatic imine (C=N–C) groups is 1. The summed E-state index contributed by atoms with van der Waals surface area (Å²) in [5.74, 6) is 0.833. The molecule has 0 aromatic rings. The highest BCUT2D eigenvalue weighted by Crippen LogP contribution is 2.26. The molecule has 2 aliphatic rings. The lowest BCUT2D eigenvalue weighted by Gasteiger charge is -2.22. The first-order valence-electron chi connectivity index (χ1n) is 9.53. The highest BCUT2D eigenvalue weighted by atomic mass is 16.1. The van der Waals surface area contributed by atoms with Gasteiger partial charge in [0, 0.05) is 12.1 Å². The molecule has 0 heterocycles. The molecule has 0 aliphatic heterocycles. The molecule has 2 saturated carbocycles. The Bertz CT molecular complexity index is 495. The zero-order chi connectivity index (χ0) is 17.2. The van der Waals surface area contributed by atoms with Gasteiger partial charge in [-0.3, -0.25) is 10.2 Å². The number of nitrogens with one attached hydrogen (secondary N) is 2. The van der Waals surface area contributed by atoms with Crippen molar-refractivity contribution in [2.24, 2.45) is 16.8 Å². The molecule has 0 spiro atoms. The minimum absolute atomic E-state index is 0.0811. The first-order chi connectivity index (χ1) is 11.7. The third-order valence-electron chi connectivity index (χ3n) is 5.36. The second-order valence-corrected chi connectivity index (χ2v) is 7.20. The number of carbonyl (C=O) groups is 1. The normalized spacial score (nSPS) is 21.1. The molecular weight excluding hydrogens is 298 g/mol. The van der Waals surface area contributed by atoms with Gasteiger partial charge in [0.15, 0.2) is 5.78 Å². The molecule has 0 unspecified atom stereocenters. The highest BCUT2D eigenvalue weighted by molar-refractivity contribution is 6.44. The maximum atomic E-state index is 12.5. The van der Waals surface area contributed by atoms with Crippen LogP contribution < -0.4 is 0 Å². The number of rotatable bonds is 8. The Morgan fingerprint density at radius 2 is 1.62 bits per heavy atom. The van der Waals surface area contributed by atoms with E-state index in [4.69, 9.17) is 10.8 Å². The monoisotopic (exact) mass is 329 g/mol. The minimum atomic E-state index is -0.0811. The molecule has 2 aliphatic carbocycles. The molecule has 4 nitrogen and oxygen atoms in total. The summed E-state index contributed by atoms with van der Waals surface area (Å²) >= 11 is 0. The van der Waals surface area contributed by atoms with Crippen LogP contribution in [-0.2, 0) is 4.79 Å². The van der Waals surface area contributed by atoms with E-state index in [2.05, 4.69) is 11.1 Å². The molecule has 0 saturated heterocycles. The number of hydrogen-bond acceptors (Lipinski definition) is 3. The molecule has 0 amide bonds. The molecule has 4 heteroatoms. The second kappa shape index (κ2) is 10.3. The molecule has 132 valence electrons. The Balaban J connectivity index is 1.85. The van der Waals surface area contributed by atoms with E-state index in [0.717, 1.165) is 19.2 Å². The lowest BCUT2D eigenvalue weighted by atomic mass is 9.83. The van der Waals surface area contributed by atoms with Gasteiger partial charge in [-0.15, -0.1) is 0 Å². The van der Waals surface area contributed by atoms with Gasteiger partial charge in [-0.05, 0) is 37.5 Å². The van der Waals surface area contributed by atoms with Gasteiger partial charge in [0.25, 0.3) is 0 Å². The van der Waals surface area contributed by atoms with Crippen LogP contribution >= 0.6 is 0 Å². The zero-order valence-corrected chi connectivity index (χ0v) is 14.7. The summed E-state index contributed by atoms with van der Waals surface area (Å²) in [5.41, 5.74) is 0.992. The van der Waals surface area contributed by atoms with Gasteiger partial charge < -0.3 is 5.41 Å². The second-order valence-electron chi connectivity index (χ2n) is 7.20. The van der Waals surface area contributed by atoms with Crippen LogP contribution in [0.1, 0.15) is 77.0 Å². The van der Waals surface area contributed by atoms with Gasteiger partial charge in [-0.25, -0.2) is 4.99 Å². The van der Waals surface area contributed by atoms with Crippen LogP contribution in [0.4, 0.5) is 0 Å². The molecule has 0 atom stereocenters. The van der Waals surface area contributed by atoms with E-state index in [0.29, 0.717) is 23.8 Å². The molecule has 0 radical (unpaired) electrons. The van der Waals surface area contributed by atoms with Crippen LogP contribution in [-0.4, -0.2) is 23.5 Å². The lowest BCUT2D eigenvalue weighted by Crippen LogP contribution is -2.24. The van der Waals surface area contributed by atoms with Gasteiger partial charge >= 0.3 is 0 Å². The summed E-state index contributed by atoms with van der Waals surface area (Å²) < 4.78 is 0. The number of ketones is 1.